The standard InChI is InChI=1S/C12H15NO/c13-11-7-12(14,8-5-6-8)10-4-2-1-3-9(10)11/h1-4,8,11,14H,5-7,13H2. The molecule has 0 aliphatic heterocycles. The van der Waals surface area contributed by atoms with Crippen LogP contribution in [0.15, 0.2) is 24.3 Å². The van der Waals surface area contributed by atoms with Gasteiger partial charge in [0.2, 0.25) is 0 Å². The average molecular weight is 189 g/mol. The van der Waals surface area contributed by atoms with Crippen LogP contribution < -0.4 is 5.73 Å². The maximum absolute atomic E-state index is 10.6. The summed E-state index contributed by atoms with van der Waals surface area (Å²) in [5, 5.41) is 10.6. The van der Waals surface area contributed by atoms with Gasteiger partial charge in [0.1, 0.15) is 0 Å². The maximum Gasteiger partial charge on any atom is 0.0945 e. The van der Waals surface area contributed by atoms with Crippen molar-refractivity contribution in [3.63, 3.8) is 0 Å². The van der Waals surface area contributed by atoms with Crippen molar-refractivity contribution in [2.45, 2.75) is 30.9 Å². The molecule has 0 spiro atoms. The van der Waals surface area contributed by atoms with Gasteiger partial charge in [-0.05, 0) is 36.3 Å². The summed E-state index contributed by atoms with van der Waals surface area (Å²) in [5.41, 5.74) is 7.63. The largest absolute Gasteiger partial charge is 0.385 e. The lowest BCUT2D eigenvalue weighted by Crippen LogP contribution is -2.25. The van der Waals surface area contributed by atoms with Crippen molar-refractivity contribution in [1.82, 2.24) is 0 Å². The number of fused-ring (bicyclic) bond motifs is 1. The lowest BCUT2D eigenvalue weighted by Gasteiger charge is -2.23. The Hall–Kier alpha value is -0.860. The van der Waals surface area contributed by atoms with E-state index in [2.05, 4.69) is 0 Å². The normalized spacial score (nSPS) is 35.7. The molecule has 0 heterocycles. The molecule has 1 saturated carbocycles. The summed E-state index contributed by atoms with van der Waals surface area (Å²) in [6.45, 7) is 0. The Morgan fingerprint density at radius 2 is 2.00 bits per heavy atom. The topological polar surface area (TPSA) is 46.2 Å². The molecule has 3 N–H and O–H groups in total. The summed E-state index contributed by atoms with van der Waals surface area (Å²) >= 11 is 0. The highest BCUT2D eigenvalue weighted by atomic mass is 16.3. The van der Waals surface area contributed by atoms with Gasteiger partial charge in [-0.2, -0.15) is 0 Å². The van der Waals surface area contributed by atoms with Gasteiger partial charge in [-0.15, -0.1) is 0 Å². The lowest BCUT2D eigenvalue weighted by atomic mass is 9.91. The summed E-state index contributed by atoms with van der Waals surface area (Å²) in [6, 6.07) is 8.08. The quantitative estimate of drug-likeness (QED) is 0.706. The first-order valence-electron chi connectivity index (χ1n) is 5.29. The Morgan fingerprint density at radius 1 is 1.29 bits per heavy atom. The van der Waals surface area contributed by atoms with Crippen LogP contribution in [0.3, 0.4) is 0 Å². The molecule has 2 atom stereocenters. The van der Waals surface area contributed by atoms with Crippen molar-refractivity contribution in [3.05, 3.63) is 35.4 Å². The molecule has 0 bridgehead atoms. The van der Waals surface area contributed by atoms with Gasteiger partial charge in [0.15, 0.2) is 0 Å². The monoisotopic (exact) mass is 189 g/mol. The van der Waals surface area contributed by atoms with Crippen molar-refractivity contribution in [1.29, 1.82) is 0 Å². The Labute approximate surface area is 83.7 Å². The first kappa shape index (κ1) is 8.45. The third kappa shape index (κ3) is 0.983. The fraction of sp³-hybridized carbons (Fsp3) is 0.500. The van der Waals surface area contributed by atoms with Crippen LogP contribution in [-0.2, 0) is 5.60 Å². The van der Waals surface area contributed by atoms with Crippen molar-refractivity contribution in [2.24, 2.45) is 11.7 Å². The molecule has 1 aromatic carbocycles. The van der Waals surface area contributed by atoms with Crippen LogP contribution in [0.4, 0.5) is 0 Å². The number of aliphatic hydroxyl groups is 1. The molecule has 0 amide bonds. The molecule has 0 aromatic heterocycles. The van der Waals surface area contributed by atoms with Crippen molar-refractivity contribution < 1.29 is 5.11 Å². The first-order chi connectivity index (χ1) is 6.72. The third-order valence-electron chi connectivity index (χ3n) is 3.61. The number of hydrogen-bond donors (Lipinski definition) is 2. The Bertz CT molecular complexity index is 372. The molecule has 2 aliphatic carbocycles. The summed E-state index contributed by atoms with van der Waals surface area (Å²) in [4.78, 5) is 0. The highest BCUT2D eigenvalue weighted by Gasteiger charge is 2.50. The number of nitrogens with two attached hydrogens (primary N) is 1. The molecule has 2 heteroatoms. The second-order valence-corrected chi connectivity index (χ2v) is 4.60. The molecule has 3 rings (SSSR count). The lowest BCUT2D eigenvalue weighted by molar-refractivity contribution is 0.0105. The average Bonchev–Trinajstić information content (AvgIpc) is 2.98. The number of rotatable bonds is 1. The van der Waals surface area contributed by atoms with Gasteiger partial charge in [0.25, 0.3) is 0 Å². The molecule has 2 nitrogen and oxygen atoms in total. The van der Waals surface area contributed by atoms with Gasteiger partial charge < -0.3 is 10.8 Å². The zero-order chi connectivity index (χ0) is 9.76. The van der Waals surface area contributed by atoms with E-state index in [1.807, 2.05) is 24.3 Å². The van der Waals surface area contributed by atoms with Gasteiger partial charge in [-0.25, -0.2) is 0 Å². The van der Waals surface area contributed by atoms with Gasteiger partial charge in [-0.1, -0.05) is 24.3 Å². The molecule has 1 fully saturated rings. The van der Waals surface area contributed by atoms with E-state index in [1.54, 1.807) is 0 Å². The van der Waals surface area contributed by atoms with E-state index in [1.165, 1.54) is 0 Å². The van der Waals surface area contributed by atoms with E-state index >= 15 is 0 Å². The van der Waals surface area contributed by atoms with Crippen LogP contribution in [0.2, 0.25) is 0 Å². The first-order valence-corrected chi connectivity index (χ1v) is 5.29. The summed E-state index contributed by atoms with van der Waals surface area (Å²) in [6.07, 6.45) is 3.01. The summed E-state index contributed by atoms with van der Waals surface area (Å²) < 4.78 is 0. The second-order valence-electron chi connectivity index (χ2n) is 4.60. The highest BCUT2D eigenvalue weighted by molar-refractivity contribution is 5.41. The maximum atomic E-state index is 10.6. The van der Waals surface area contributed by atoms with Crippen LogP contribution in [0.25, 0.3) is 0 Å². The molecule has 0 radical (unpaired) electrons. The van der Waals surface area contributed by atoms with Crippen molar-refractivity contribution in [3.8, 4) is 0 Å². The zero-order valence-electron chi connectivity index (χ0n) is 8.11. The molecule has 0 saturated heterocycles. The van der Waals surface area contributed by atoms with Crippen LogP contribution in [0.5, 0.6) is 0 Å². The molecule has 1 aromatic rings. The zero-order valence-corrected chi connectivity index (χ0v) is 8.11. The molecule has 14 heavy (non-hydrogen) atoms. The van der Waals surface area contributed by atoms with Gasteiger partial charge in [-0.3, -0.25) is 0 Å². The minimum absolute atomic E-state index is 0.0248. The number of hydrogen-bond acceptors (Lipinski definition) is 2. The van der Waals surface area contributed by atoms with Crippen LogP contribution >= 0.6 is 0 Å². The molecule has 74 valence electrons. The van der Waals surface area contributed by atoms with Gasteiger partial charge in [0, 0.05) is 6.04 Å². The fourth-order valence-corrected chi connectivity index (χ4v) is 2.72. The van der Waals surface area contributed by atoms with Gasteiger partial charge in [0.05, 0.1) is 5.60 Å². The van der Waals surface area contributed by atoms with Crippen LogP contribution in [-0.4, -0.2) is 5.11 Å². The van der Waals surface area contributed by atoms with Crippen LogP contribution in [0, 0.1) is 5.92 Å². The Morgan fingerprint density at radius 3 is 2.71 bits per heavy atom. The number of benzene rings is 1. The van der Waals surface area contributed by atoms with Crippen molar-refractivity contribution in [2.75, 3.05) is 0 Å². The fourth-order valence-electron chi connectivity index (χ4n) is 2.72. The predicted octanol–water partition coefficient (Wildman–Crippen LogP) is 1.69. The van der Waals surface area contributed by atoms with E-state index < -0.39 is 5.60 Å². The van der Waals surface area contributed by atoms with E-state index in [0.717, 1.165) is 24.0 Å². The minimum atomic E-state index is -0.615. The third-order valence-corrected chi connectivity index (χ3v) is 3.61. The van der Waals surface area contributed by atoms with Gasteiger partial charge >= 0.3 is 0 Å². The van der Waals surface area contributed by atoms with E-state index in [-0.39, 0.29) is 6.04 Å². The molecule has 2 unspecified atom stereocenters. The highest BCUT2D eigenvalue weighted by Crippen LogP contribution is 2.54. The Kier molecular flexibility index (Phi) is 1.56. The minimum Gasteiger partial charge on any atom is -0.385 e. The SMILES string of the molecule is NC1CC(O)(C2CC2)c2ccccc21. The molecular weight excluding hydrogens is 174 g/mol. The van der Waals surface area contributed by atoms with Crippen LogP contribution in [0.1, 0.15) is 36.4 Å². The smallest absolute Gasteiger partial charge is 0.0945 e. The second kappa shape index (κ2) is 2.59. The molecule has 2 aliphatic rings. The summed E-state index contributed by atoms with van der Waals surface area (Å²) in [7, 11) is 0. The van der Waals surface area contributed by atoms with Crippen molar-refractivity contribution >= 4 is 0 Å². The predicted molar refractivity (Wildman–Crippen MR) is 54.6 cm³/mol. The van der Waals surface area contributed by atoms with E-state index in [4.69, 9.17) is 5.73 Å². The Balaban J connectivity index is 2.12. The molecular formula is C12H15NO. The van der Waals surface area contributed by atoms with E-state index in [9.17, 15) is 5.11 Å². The summed E-state index contributed by atoms with van der Waals surface area (Å²) in [5.74, 6) is 0.456. The van der Waals surface area contributed by atoms with E-state index in [0.29, 0.717) is 12.3 Å².